The number of hydrogen-bond donors (Lipinski definition) is 0. The molecule has 1 aliphatic rings. The first-order chi connectivity index (χ1) is 10.1. The van der Waals surface area contributed by atoms with Crippen LogP contribution in [0.4, 0.5) is 0 Å². The van der Waals surface area contributed by atoms with E-state index in [4.69, 9.17) is 4.74 Å². The predicted molar refractivity (Wildman–Crippen MR) is 88.0 cm³/mol. The molecular weight excluding hydrogens is 354 g/mol. The van der Waals surface area contributed by atoms with Gasteiger partial charge in [-0.1, -0.05) is 28.1 Å². The molecule has 0 N–H and O–H groups in total. The van der Waals surface area contributed by atoms with Gasteiger partial charge in [0.05, 0.1) is 7.11 Å². The number of esters is 1. The van der Waals surface area contributed by atoms with E-state index in [0.717, 1.165) is 15.8 Å². The molecular formula is C15H16BrNO3S. The van der Waals surface area contributed by atoms with Crippen molar-refractivity contribution >= 4 is 45.6 Å². The fourth-order valence-electron chi connectivity index (χ4n) is 2.01. The Morgan fingerprint density at radius 1 is 1.48 bits per heavy atom. The molecule has 1 heterocycles. The van der Waals surface area contributed by atoms with Gasteiger partial charge in [0.1, 0.15) is 5.25 Å². The molecule has 1 aromatic rings. The molecule has 1 amide bonds. The number of thioether (sulfide) groups is 1. The number of amides is 1. The van der Waals surface area contributed by atoms with Gasteiger partial charge < -0.3 is 9.64 Å². The standard InChI is InChI=1S/C15H16BrNO3S/c1-20-15(19)13-10-17(7-8-21-13)14(18)6-5-11-3-2-4-12(16)9-11/h2-6,9,13H,7-8,10H2,1H3/b6-5+/t13-/m1/s1. The van der Waals surface area contributed by atoms with Gasteiger partial charge in [0.25, 0.3) is 0 Å². The zero-order chi connectivity index (χ0) is 15.2. The van der Waals surface area contributed by atoms with Gasteiger partial charge in [0, 0.05) is 29.4 Å². The van der Waals surface area contributed by atoms with Crippen LogP contribution in [0.1, 0.15) is 5.56 Å². The Kier molecular flexibility index (Phi) is 5.87. The van der Waals surface area contributed by atoms with Crippen LogP contribution in [0.2, 0.25) is 0 Å². The van der Waals surface area contributed by atoms with Crippen LogP contribution in [0.25, 0.3) is 6.08 Å². The van der Waals surface area contributed by atoms with Crippen molar-refractivity contribution in [3.63, 3.8) is 0 Å². The van der Waals surface area contributed by atoms with Gasteiger partial charge in [0.15, 0.2) is 0 Å². The van der Waals surface area contributed by atoms with Crippen molar-refractivity contribution in [1.29, 1.82) is 0 Å². The zero-order valence-electron chi connectivity index (χ0n) is 11.6. The van der Waals surface area contributed by atoms with Crippen LogP contribution < -0.4 is 0 Å². The van der Waals surface area contributed by atoms with Gasteiger partial charge in [-0.2, -0.15) is 0 Å². The lowest BCUT2D eigenvalue weighted by Crippen LogP contribution is -2.44. The van der Waals surface area contributed by atoms with Gasteiger partial charge >= 0.3 is 5.97 Å². The number of nitrogens with zero attached hydrogens (tertiary/aromatic N) is 1. The van der Waals surface area contributed by atoms with Crippen LogP contribution in [-0.4, -0.2) is 48.0 Å². The molecule has 0 aliphatic carbocycles. The lowest BCUT2D eigenvalue weighted by Gasteiger charge is -2.30. The Bertz CT molecular complexity index is 562. The molecule has 0 spiro atoms. The van der Waals surface area contributed by atoms with Crippen molar-refractivity contribution in [2.45, 2.75) is 5.25 Å². The third-order valence-electron chi connectivity index (χ3n) is 3.11. The lowest BCUT2D eigenvalue weighted by atomic mass is 10.2. The predicted octanol–water partition coefficient (Wildman–Crippen LogP) is 2.58. The first kappa shape index (κ1) is 16.1. The summed E-state index contributed by atoms with van der Waals surface area (Å²) in [5.74, 6) is 0.397. The van der Waals surface area contributed by atoms with Crippen LogP contribution in [0.5, 0.6) is 0 Å². The average Bonchev–Trinajstić information content (AvgIpc) is 2.52. The zero-order valence-corrected chi connectivity index (χ0v) is 14.0. The summed E-state index contributed by atoms with van der Waals surface area (Å²) in [4.78, 5) is 25.4. The topological polar surface area (TPSA) is 46.6 Å². The fraction of sp³-hybridized carbons (Fsp3) is 0.333. The Hall–Kier alpha value is -1.27. The van der Waals surface area contributed by atoms with E-state index < -0.39 is 0 Å². The van der Waals surface area contributed by atoms with Crippen molar-refractivity contribution in [3.05, 3.63) is 40.4 Å². The number of benzene rings is 1. The summed E-state index contributed by atoms with van der Waals surface area (Å²) in [7, 11) is 1.37. The first-order valence-electron chi connectivity index (χ1n) is 6.52. The maximum Gasteiger partial charge on any atom is 0.320 e. The van der Waals surface area contributed by atoms with E-state index in [-0.39, 0.29) is 17.1 Å². The highest BCUT2D eigenvalue weighted by atomic mass is 79.9. The summed E-state index contributed by atoms with van der Waals surface area (Å²) in [6, 6.07) is 7.71. The Labute approximate surface area is 136 Å². The molecule has 1 saturated heterocycles. The third-order valence-corrected chi connectivity index (χ3v) is 4.76. The summed E-state index contributed by atoms with van der Waals surface area (Å²) in [5, 5.41) is -0.285. The molecule has 4 nitrogen and oxygen atoms in total. The monoisotopic (exact) mass is 369 g/mol. The number of rotatable bonds is 3. The molecule has 6 heteroatoms. The smallest absolute Gasteiger partial charge is 0.320 e. The Balaban J connectivity index is 1.98. The van der Waals surface area contributed by atoms with Crippen LogP contribution in [0, 0.1) is 0 Å². The van der Waals surface area contributed by atoms with Gasteiger partial charge in [-0.05, 0) is 23.8 Å². The minimum Gasteiger partial charge on any atom is -0.468 e. The largest absolute Gasteiger partial charge is 0.468 e. The summed E-state index contributed by atoms with van der Waals surface area (Å²) in [6.45, 7) is 1.05. The quantitative estimate of drug-likeness (QED) is 0.606. The van der Waals surface area contributed by atoms with E-state index in [1.165, 1.54) is 18.9 Å². The second-order valence-corrected chi connectivity index (χ2v) is 6.78. The number of hydrogen-bond acceptors (Lipinski definition) is 4. The summed E-state index contributed by atoms with van der Waals surface area (Å²) < 4.78 is 5.71. The number of halogens is 1. The molecule has 1 fully saturated rings. The maximum absolute atomic E-state index is 12.2. The van der Waals surface area contributed by atoms with Crippen LogP contribution in [0.3, 0.4) is 0 Å². The highest BCUT2D eigenvalue weighted by molar-refractivity contribution is 9.10. The number of carbonyl (C=O) groups excluding carboxylic acids is 2. The molecule has 1 aliphatic heterocycles. The second kappa shape index (κ2) is 7.66. The Morgan fingerprint density at radius 2 is 2.29 bits per heavy atom. The minimum atomic E-state index is -0.285. The molecule has 0 unspecified atom stereocenters. The van der Waals surface area contributed by atoms with E-state index in [1.807, 2.05) is 24.3 Å². The van der Waals surface area contributed by atoms with Crippen molar-refractivity contribution in [1.82, 2.24) is 4.90 Å². The van der Waals surface area contributed by atoms with Crippen LogP contribution in [-0.2, 0) is 14.3 Å². The summed E-state index contributed by atoms with van der Waals surface area (Å²) in [5.41, 5.74) is 0.952. The van der Waals surface area contributed by atoms with Crippen LogP contribution in [0.15, 0.2) is 34.8 Å². The Morgan fingerprint density at radius 3 is 3.00 bits per heavy atom. The molecule has 0 saturated carbocycles. The summed E-state index contributed by atoms with van der Waals surface area (Å²) in [6.07, 6.45) is 3.33. The third kappa shape index (κ3) is 4.61. The van der Waals surface area contributed by atoms with E-state index in [0.29, 0.717) is 13.1 Å². The van der Waals surface area contributed by atoms with E-state index in [1.54, 1.807) is 17.1 Å². The number of ether oxygens (including phenoxy) is 1. The van der Waals surface area contributed by atoms with Crippen LogP contribution >= 0.6 is 27.7 Å². The molecule has 1 atom stereocenters. The van der Waals surface area contributed by atoms with Crippen molar-refractivity contribution in [3.8, 4) is 0 Å². The molecule has 0 radical (unpaired) electrons. The second-order valence-electron chi connectivity index (χ2n) is 4.56. The molecule has 0 aromatic heterocycles. The molecule has 1 aromatic carbocycles. The molecule has 2 rings (SSSR count). The summed E-state index contributed by atoms with van der Waals surface area (Å²) >= 11 is 4.93. The lowest BCUT2D eigenvalue weighted by molar-refractivity contribution is -0.140. The number of methoxy groups -OCH3 is 1. The molecule has 0 bridgehead atoms. The van der Waals surface area contributed by atoms with E-state index in [2.05, 4.69) is 15.9 Å². The first-order valence-corrected chi connectivity index (χ1v) is 8.36. The van der Waals surface area contributed by atoms with Crippen molar-refractivity contribution in [2.24, 2.45) is 0 Å². The fourth-order valence-corrected chi connectivity index (χ4v) is 3.55. The normalized spacial score (nSPS) is 18.8. The molecule has 21 heavy (non-hydrogen) atoms. The molecule has 112 valence electrons. The van der Waals surface area contributed by atoms with Gasteiger partial charge in [-0.15, -0.1) is 11.8 Å². The van der Waals surface area contributed by atoms with Crippen molar-refractivity contribution < 1.29 is 14.3 Å². The average molecular weight is 370 g/mol. The minimum absolute atomic E-state index is 0.0795. The van der Waals surface area contributed by atoms with Gasteiger partial charge in [0.2, 0.25) is 5.91 Å². The highest BCUT2D eigenvalue weighted by Crippen LogP contribution is 2.20. The maximum atomic E-state index is 12.2. The number of carbonyl (C=O) groups is 2. The highest BCUT2D eigenvalue weighted by Gasteiger charge is 2.28. The van der Waals surface area contributed by atoms with Gasteiger partial charge in [-0.3, -0.25) is 9.59 Å². The SMILES string of the molecule is COC(=O)[C@H]1CN(C(=O)/C=C/c2cccc(Br)c2)CCS1. The van der Waals surface area contributed by atoms with E-state index in [9.17, 15) is 9.59 Å². The van der Waals surface area contributed by atoms with Gasteiger partial charge in [-0.25, -0.2) is 0 Å². The van der Waals surface area contributed by atoms with E-state index >= 15 is 0 Å². The van der Waals surface area contributed by atoms with Crippen molar-refractivity contribution in [2.75, 3.05) is 26.0 Å².